The average molecular weight is 350 g/mol. The molecular weight excluding hydrogens is 332 g/mol. The van der Waals surface area contributed by atoms with Gasteiger partial charge in [-0.15, -0.1) is 0 Å². The minimum absolute atomic E-state index is 0.0578. The van der Waals surface area contributed by atoms with Gasteiger partial charge in [0.2, 0.25) is 0 Å². The molecule has 0 aliphatic carbocycles. The van der Waals surface area contributed by atoms with Crippen molar-refractivity contribution in [2.45, 2.75) is 6.04 Å². The number of carbonyl (C=O) groups is 2. The fourth-order valence-corrected chi connectivity index (χ4v) is 2.73. The molecule has 0 saturated carbocycles. The predicted molar refractivity (Wildman–Crippen MR) is 98.7 cm³/mol. The number of fused-ring (bicyclic) bond motifs is 1. The summed E-state index contributed by atoms with van der Waals surface area (Å²) in [5.41, 5.74) is 7.10. The van der Waals surface area contributed by atoms with Crippen molar-refractivity contribution in [1.29, 1.82) is 0 Å². The van der Waals surface area contributed by atoms with Crippen LogP contribution in [0, 0.1) is 0 Å². The lowest BCUT2D eigenvalue weighted by molar-refractivity contribution is -0.143. The van der Waals surface area contributed by atoms with E-state index < -0.39 is 17.9 Å². The highest BCUT2D eigenvalue weighted by Gasteiger charge is 2.25. The van der Waals surface area contributed by atoms with Crippen molar-refractivity contribution >= 4 is 28.3 Å². The molecule has 0 heterocycles. The van der Waals surface area contributed by atoms with E-state index in [0.29, 0.717) is 11.3 Å². The third-order valence-electron chi connectivity index (χ3n) is 4.10. The van der Waals surface area contributed by atoms with E-state index in [1.54, 1.807) is 24.3 Å². The standard InChI is InChI=1S/C20H18N2O4/c1-26-20(25)18(12-6-8-15(23)9-7-12)22-19(24)16-10-13-4-2-3-5-14(13)11-17(16)21/h2-11,18,23H,21H2,1H3,(H,22,24)/t18-/m0/s1. The van der Waals surface area contributed by atoms with Crippen LogP contribution in [-0.2, 0) is 9.53 Å². The maximum absolute atomic E-state index is 12.7. The molecule has 3 aromatic rings. The molecule has 0 aliphatic heterocycles. The van der Waals surface area contributed by atoms with Gasteiger partial charge < -0.3 is 20.9 Å². The number of phenols is 1. The van der Waals surface area contributed by atoms with E-state index in [0.717, 1.165) is 10.8 Å². The van der Waals surface area contributed by atoms with Gasteiger partial charge in [0, 0.05) is 5.69 Å². The van der Waals surface area contributed by atoms with E-state index in [4.69, 9.17) is 10.5 Å². The third-order valence-corrected chi connectivity index (χ3v) is 4.10. The first-order chi connectivity index (χ1) is 12.5. The van der Waals surface area contributed by atoms with Crippen molar-refractivity contribution in [3.05, 3.63) is 71.8 Å². The van der Waals surface area contributed by atoms with Crippen LogP contribution in [0.2, 0.25) is 0 Å². The first-order valence-corrected chi connectivity index (χ1v) is 7.95. The molecule has 3 rings (SSSR count). The smallest absolute Gasteiger partial charge is 0.333 e. The fourth-order valence-electron chi connectivity index (χ4n) is 2.73. The summed E-state index contributed by atoms with van der Waals surface area (Å²) >= 11 is 0. The van der Waals surface area contributed by atoms with Crippen LogP contribution in [0.3, 0.4) is 0 Å². The molecule has 0 unspecified atom stereocenters. The summed E-state index contributed by atoms with van der Waals surface area (Å²) < 4.78 is 4.79. The van der Waals surface area contributed by atoms with Gasteiger partial charge in [-0.3, -0.25) is 4.79 Å². The average Bonchev–Trinajstić information content (AvgIpc) is 2.65. The van der Waals surface area contributed by atoms with Crippen LogP contribution < -0.4 is 11.1 Å². The number of benzene rings is 3. The van der Waals surface area contributed by atoms with E-state index in [1.807, 2.05) is 24.3 Å². The number of hydrogen-bond acceptors (Lipinski definition) is 5. The monoisotopic (exact) mass is 350 g/mol. The molecule has 1 amide bonds. The summed E-state index contributed by atoms with van der Waals surface area (Å²) in [7, 11) is 1.24. The number of esters is 1. The van der Waals surface area contributed by atoms with E-state index in [-0.39, 0.29) is 11.3 Å². The first-order valence-electron chi connectivity index (χ1n) is 7.95. The Morgan fingerprint density at radius 2 is 1.65 bits per heavy atom. The van der Waals surface area contributed by atoms with E-state index >= 15 is 0 Å². The van der Waals surface area contributed by atoms with Crippen LogP contribution in [0.4, 0.5) is 5.69 Å². The molecule has 0 aliphatic rings. The lowest BCUT2D eigenvalue weighted by Crippen LogP contribution is -2.34. The van der Waals surface area contributed by atoms with Crippen LogP contribution in [0.5, 0.6) is 5.75 Å². The topological polar surface area (TPSA) is 102 Å². The zero-order valence-electron chi connectivity index (χ0n) is 14.1. The Hall–Kier alpha value is -3.54. The van der Waals surface area contributed by atoms with Gasteiger partial charge in [0.25, 0.3) is 5.91 Å². The molecule has 0 aromatic heterocycles. The number of nitrogens with two attached hydrogens (primary N) is 1. The van der Waals surface area contributed by atoms with Crippen molar-refractivity contribution in [3.63, 3.8) is 0 Å². The molecule has 6 heteroatoms. The van der Waals surface area contributed by atoms with Crippen LogP contribution in [0.15, 0.2) is 60.7 Å². The molecule has 0 bridgehead atoms. The number of aromatic hydroxyl groups is 1. The number of amides is 1. The van der Waals surface area contributed by atoms with Crippen LogP contribution in [0.25, 0.3) is 10.8 Å². The molecule has 0 fully saturated rings. The van der Waals surface area contributed by atoms with Gasteiger partial charge in [-0.2, -0.15) is 0 Å². The Morgan fingerprint density at radius 1 is 1.04 bits per heavy atom. The van der Waals surface area contributed by atoms with Gasteiger partial charge >= 0.3 is 5.97 Å². The highest BCUT2D eigenvalue weighted by Crippen LogP contribution is 2.24. The number of nitrogens with one attached hydrogen (secondary N) is 1. The Bertz CT molecular complexity index is 967. The molecule has 0 spiro atoms. The van der Waals surface area contributed by atoms with Gasteiger partial charge in [-0.1, -0.05) is 36.4 Å². The molecule has 0 radical (unpaired) electrons. The SMILES string of the molecule is COC(=O)[C@@H](NC(=O)c1cc2ccccc2cc1N)c1ccc(O)cc1. The van der Waals surface area contributed by atoms with Crippen LogP contribution in [0.1, 0.15) is 22.0 Å². The van der Waals surface area contributed by atoms with Crippen LogP contribution in [-0.4, -0.2) is 24.1 Å². The Balaban J connectivity index is 1.94. The minimum Gasteiger partial charge on any atom is -0.508 e. The molecule has 3 aromatic carbocycles. The maximum Gasteiger partial charge on any atom is 0.333 e. The number of phenolic OH excluding ortho intramolecular Hbond substituents is 1. The van der Waals surface area contributed by atoms with Gasteiger partial charge in [-0.25, -0.2) is 4.79 Å². The number of methoxy groups -OCH3 is 1. The van der Waals surface area contributed by atoms with Crippen molar-refractivity contribution < 1.29 is 19.4 Å². The van der Waals surface area contributed by atoms with E-state index in [1.165, 1.54) is 19.2 Å². The summed E-state index contributed by atoms with van der Waals surface area (Å²) in [5.74, 6) is -1.05. The lowest BCUT2D eigenvalue weighted by Gasteiger charge is -2.18. The molecule has 1 atom stereocenters. The summed E-state index contributed by atoms with van der Waals surface area (Å²) in [6, 6.07) is 15.9. The summed E-state index contributed by atoms with van der Waals surface area (Å²) in [5, 5.41) is 13.8. The lowest BCUT2D eigenvalue weighted by atomic mass is 10.0. The van der Waals surface area contributed by atoms with Gasteiger partial charge in [0.05, 0.1) is 12.7 Å². The van der Waals surface area contributed by atoms with Crippen molar-refractivity contribution in [2.24, 2.45) is 0 Å². The molecule has 0 saturated heterocycles. The van der Waals surface area contributed by atoms with Crippen molar-refractivity contribution in [1.82, 2.24) is 5.32 Å². The molecule has 6 nitrogen and oxygen atoms in total. The Kier molecular flexibility index (Phi) is 4.75. The number of rotatable bonds is 4. The number of hydrogen-bond donors (Lipinski definition) is 3. The summed E-state index contributed by atoms with van der Waals surface area (Å²) in [4.78, 5) is 24.9. The number of nitrogen functional groups attached to an aromatic ring is 1. The first kappa shape index (κ1) is 17.3. The summed E-state index contributed by atoms with van der Waals surface area (Å²) in [6.45, 7) is 0. The minimum atomic E-state index is -1.01. The summed E-state index contributed by atoms with van der Waals surface area (Å²) in [6.07, 6.45) is 0. The molecule has 4 N–H and O–H groups in total. The zero-order valence-corrected chi connectivity index (χ0v) is 14.1. The van der Waals surface area contributed by atoms with Crippen LogP contribution >= 0.6 is 0 Å². The maximum atomic E-state index is 12.7. The number of anilines is 1. The Labute approximate surface area is 150 Å². The fraction of sp³-hybridized carbons (Fsp3) is 0.100. The molecule has 132 valence electrons. The predicted octanol–water partition coefficient (Wildman–Crippen LogP) is 2.77. The van der Waals surface area contributed by atoms with E-state index in [2.05, 4.69) is 5.32 Å². The third kappa shape index (κ3) is 3.44. The Morgan fingerprint density at radius 3 is 2.27 bits per heavy atom. The quantitative estimate of drug-likeness (QED) is 0.496. The van der Waals surface area contributed by atoms with Gasteiger partial charge in [-0.05, 0) is 40.6 Å². The van der Waals surface area contributed by atoms with Crippen molar-refractivity contribution in [2.75, 3.05) is 12.8 Å². The largest absolute Gasteiger partial charge is 0.508 e. The molecule has 26 heavy (non-hydrogen) atoms. The van der Waals surface area contributed by atoms with E-state index in [9.17, 15) is 14.7 Å². The second-order valence-corrected chi connectivity index (χ2v) is 5.81. The highest BCUT2D eigenvalue weighted by molar-refractivity contribution is 6.05. The van der Waals surface area contributed by atoms with Crippen molar-refractivity contribution in [3.8, 4) is 5.75 Å². The number of ether oxygens (including phenoxy) is 1. The highest BCUT2D eigenvalue weighted by atomic mass is 16.5. The normalized spacial score (nSPS) is 11.7. The zero-order chi connectivity index (χ0) is 18.7. The second-order valence-electron chi connectivity index (χ2n) is 5.81. The van der Waals surface area contributed by atoms with Gasteiger partial charge in [0.1, 0.15) is 5.75 Å². The molecular formula is C20H18N2O4. The second kappa shape index (κ2) is 7.14. The van der Waals surface area contributed by atoms with Gasteiger partial charge in [0.15, 0.2) is 6.04 Å². The number of carbonyl (C=O) groups excluding carboxylic acids is 2.